The van der Waals surface area contributed by atoms with Gasteiger partial charge in [-0.25, -0.2) is 13.4 Å². The summed E-state index contributed by atoms with van der Waals surface area (Å²) in [4.78, 5) is 9.18. The molecule has 1 aromatic rings. The van der Waals surface area contributed by atoms with Crippen LogP contribution in [0.1, 0.15) is 20.8 Å². The summed E-state index contributed by atoms with van der Waals surface area (Å²) in [7, 11) is -3.39. The summed E-state index contributed by atoms with van der Waals surface area (Å²) in [5.41, 5.74) is 0.871. The number of anilines is 1. The highest BCUT2D eigenvalue weighted by atomic mass is 32.2. The molecule has 6 nitrogen and oxygen atoms in total. The summed E-state index contributed by atoms with van der Waals surface area (Å²) in [6.45, 7) is 11.7. The SMILES string of the molecule is CC(C)(C)S(=O)(=O)c1ccc(NCC2CN3CCN2CC3)cn1. The Labute approximate surface area is 138 Å². The van der Waals surface area contributed by atoms with Gasteiger partial charge < -0.3 is 5.32 Å². The molecule has 4 heterocycles. The molecule has 4 rings (SSSR count). The Bertz CT molecular complexity index is 644. The minimum absolute atomic E-state index is 0.141. The number of sulfone groups is 1. The Hall–Kier alpha value is -1.18. The van der Waals surface area contributed by atoms with Crippen molar-refractivity contribution in [1.82, 2.24) is 14.8 Å². The van der Waals surface area contributed by atoms with Crippen molar-refractivity contribution in [3.63, 3.8) is 0 Å². The maximum Gasteiger partial charge on any atom is 0.200 e. The number of piperazine rings is 3. The Kier molecular flexibility index (Phi) is 4.37. The summed E-state index contributed by atoms with van der Waals surface area (Å²) >= 11 is 0. The van der Waals surface area contributed by atoms with Crippen LogP contribution < -0.4 is 5.32 Å². The number of hydrogen-bond acceptors (Lipinski definition) is 6. The Morgan fingerprint density at radius 1 is 1.22 bits per heavy atom. The molecule has 23 heavy (non-hydrogen) atoms. The lowest BCUT2D eigenvalue weighted by Crippen LogP contribution is -2.62. The third-order valence-corrected chi connectivity index (χ3v) is 7.16. The van der Waals surface area contributed by atoms with Gasteiger partial charge in [-0.3, -0.25) is 9.80 Å². The van der Waals surface area contributed by atoms with Gasteiger partial charge in [0.05, 0.1) is 16.6 Å². The van der Waals surface area contributed by atoms with Crippen LogP contribution in [0.15, 0.2) is 23.4 Å². The lowest BCUT2D eigenvalue weighted by atomic mass is 10.1. The fourth-order valence-corrected chi connectivity index (χ4v) is 4.18. The second-order valence-electron chi connectivity index (χ2n) is 7.37. The molecule has 0 aliphatic carbocycles. The van der Waals surface area contributed by atoms with E-state index in [1.807, 2.05) is 6.07 Å². The maximum atomic E-state index is 12.4. The smallest absolute Gasteiger partial charge is 0.200 e. The van der Waals surface area contributed by atoms with Crippen molar-refractivity contribution < 1.29 is 8.42 Å². The van der Waals surface area contributed by atoms with Crippen LogP contribution in [0.2, 0.25) is 0 Å². The molecular weight excluding hydrogens is 312 g/mol. The maximum absolute atomic E-state index is 12.4. The van der Waals surface area contributed by atoms with Crippen molar-refractivity contribution >= 4 is 15.5 Å². The predicted octanol–water partition coefficient (Wildman–Crippen LogP) is 1.07. The van der Waals surface area contributed by atoms with E-state index in [0.29, 0.717) is 6.04 Å². The topological polar surface area (TPSA) is 65.5 Å². The van der Waals surface area contributed by atoms with E-state index < -0.39 is 14.6 Å². The van der Waals surface area contributed by atoms with Gasteiger partial charge >= 0.3 is 0 Å². The second-order valence-corrected chi connectivity index (χ2v) is 10.0. The third-order valence-electron chi connectivity index (χ3n) is 4.75. The van der Waals surface area contributed by atoms with Crippen LogP contribution in [0.25, 0.3) is 0 Å². The highest BCUT2D eigenvalue weighted by Gasteiger charge is 2.33. The second kappa shape index (κ2) is 6.03. The van der Waals surface area contributed by atoms with Gasteiger partial charge in [0.1, 0.15) is 0 Å². The molecule has 3 saturated heterocycles. The normalized spacial score (nSPS) is 27.9. The number of aromatic nitrogens is 1. The summed E-state index contributed by atoms with van der Waals surface area (Å²) in [6, 6.07) is 3.93. The van der Waals surface area contributed by atoms with E-state index in [-0.39, 0.29) is 5.03 Å². The molecule has 0 amide bonds. The van der Waals surface area contributed by atoms with Gasteiger partial charge in [-0.1, -0.05) is 0 Å². The molecule has 3 aliphatic heterocycles. The van der Waals surface area contributed by atoms with Crippen LogP contribution >= 0.6 is 0 Å². The van der Waals surface area contributed by atoms with Crippen molar-refractivity contribution in [2.45, 2.75) is 36.6 Å². The first-order valence-corrected chi connectivity index (χ1v) is 9.67. The minimum atomic E-state index is -3.39. The number of rotatable bonds is 4. The number of hydrogen-bond donors (Lipinski definition) is 1. The minimum Gasteiger partial charge on any atom is -0.382 e. The quantitative estimate of drug-likeness (QED) is 0.886. The number of pyridine rings is 1. The zero-order valence-electron chi connectivity index (χ0n) is 14.1. The van der Waals surface area contributed by atoms with E-state index in [0.717, 1.165) is 31.9 Å². The standard InChI is InChI=1S/C16H26N4O2S/c1-16(2,3)23(21,22)15-5-4-13(10-18-15)17-11-14-12-19-6-8-20(14)9-7-19/h4-5,10,14,17H,6-9,11-12H2,1-3H3. The summed E-state index contributed by atoms with van der Waals surface area (Å²) in [6.07, 6.45) is 1.62. The molecule has 2 bridgehead atoms. The van der Waals surface area contributed by atoms with E-state index in [1.54, 1.807) is 33.0 Å². The van der Waals surface area contributed by atoms with E-state index in [9.17, 15) is 8.42 Å². The van der Waals surface area contributed by atoms with Gasteiger partial charge in [-0.2, -0.15) is 0 Å². The molecule has 128 valence electrons. The lowest BCUT2D eigenvalue weighted by Gasteiger charge is -2.47. The van der Waals surface area contributed by atoms with Crippen molar-refractivity contribution in [2.24, 2.45) is 0 Å². The van der Waals surface area contributed by atoms with E-state index in [2.05, 4.69) is 20.1 Å². The van der Waals surface area contributed by atoms with Crippen LogP contribution in [0.5, 0.6) is 0 Å². The third kappa shape index (κ3) is 3.36. The van der Waals surface area contributed by atoms with Crippen molar-refractivity contribution in [3.05, 3.63) is 18.3 Å². The number of nitrogens with zero attached hydrogens (tertiary/aromatic N) is 3. The van der Waals surface area contributed by atoms with Crippen LogP contribution in [0.4, 0.5) is 5.69 Å². The molecule has 1 N–H and O–H groups in total. The van der Waals surface area contributed by atoms with Gasteiger partial charge in [0, 0.05) is 45.3 Å². The predicted molar refractivity (Wildman–Crippen MR) is 91.5 cm³/mol. The number of nitrogens with one attached hydrogen (secondary N) is 1. The van der Waals surface area contributed by atoms with E-state index in [1.165, 1.54) is 13.1 Å². The molecule has 7 heteroatoms. The largest absolute Gasteiger partial charge is 0.382 e. The molecule has 0 saturated carbocycles. The molecule has 1 unspecified atom stereocenters. The average molecular weight is 338 g/mol. The van der Waals surface area contributed by atoms with Gasteiger partial charge in [-0.05, 0) is 32.9 Å². The van der Waals surface area contributed by atoms with Gasteiger partial charge in [0.2, 0.25) is 0 Å². The average Bonchev–Trinajstić information content (AvgIpc) is 2.53. The molecule has 1 atom stereocenters. The molecule has 3 aliphatic rings. The zero-order chi connectivity index (χ0) is 16.7. The lowest BCUT2D eigenvalue weighted by molar-refractivity contribution is 0.0189. The molecule has 0 aromatic carbocycles. The van der Waals surface area contributed by atoms with Crippen molar-refractivity contribution in [3.8, 4) is 0 Å². The van der Waals surface area contributed by atoms with Crippen molar-refractivity contribution in [2.75, 3.05) is 44.6 Å². The highest BCUT2D eigenvalue weighted by Crippen LogP contribution is 2.24. The fourth-order valence-electron chi connectivity index (χ4n) is 3.11. The zero-order valence-corrected chi connectivity index (χ0v) is 14.9. The molecule has 3 fully saturated rings. The van der Waals surface area contributed by atoms with E-state index >= 15 is 0 Å². The first kappa shape index (κ1) is 16.7. The Morgan fingerprint density at radius 2 is 1.91 bits per heavy atom. The number of fused-ring (bicyclic) bond motifs is 3. The van der Waals surface area contributed by atoms with Crippen LogP contribution in [0.3, 0.4) is 0 Å². The van der Waals surface area contributed by atoms with Crippen LogP contribution in [-0.2, 0) is 9.84 Å². The Balaban J connectivity index is 1.62. The van der Waals surface area contributed by atoms with Crippen LogP contribution in [0, 0.1) is 0 Å². The summed E-state index contributed by atoms with van der Waals surface area (Å²) < 4.78 is 23.9. The first-order valence-electron chi connectivity index (χ1n) is 8.18. The van der Waals surface area contributed by atoms with Gasteiger partial charge in [-0.15, -0.1) is 0 Å². The molecule has 0 spiro atoms. The Morgan fingerprint density at radius 3 is 2.39 bits per heavy atom. The summed E-state index contributed by atoms with van der Waals surface area (Å²) in [5.74, 6) is 0. The van der Waals surface area contributed by atoms with Crippen LogP contribution in [-0.4, -0.2) is 73.3 Å². The molecule has 1 aromatic heterocycles. The first-order chi connectivity index (χ1) is 10.8. The molecule has 0 radical (unpaired) electrons. The van der Waals surface area contributed by atoms with E-state index in [4.69, 9.17) is 0 Å². The fraction of sp³-hybridized carbons (Fsp3) is 0.688. The van der Waals surface area contributed by atoms with Gasteiger partial charge in [0.15, 0.2) is 14.9 Å². The summed E-state index contributed by atoms with van der Waals surface area (Å²) in [5, 5.41) is 3.53. The van der Waals surface area contributed by atoms with Gasteiger partial charge in [0.25, 0.3) is 0 Å². The highest BCUT2D eigenvalue weighted by molar-refractivity contribution is 7.92. The molecular formula is C16H26N4O2S. The van der Waals surface area contributed by atoms with Crippen molar-refractivity contribution in [1.29, 1.82) is 0 Å². The monoisotopic (exact) mass is 338 g/mol.